The highest BCUT2D eigenvalue weighted by atomic mass is 14.5. The van der Waals surface area contributed by atoms with Crippen molar-refractivity contribution < 1.29 is 0 Å². The second-order valence-corrected chi connectivity index (χ2v) is 7.08. The minimum absolute atomic E-state index is 0.636. The summed E-state index contributed by atoms with van der Waals surface area (Å²) < 4.78 is 0. The molecule has 0 saturated heterocycles. The maximum absolute atomic E-state index is 2.54. The van der Waals surface area contributed by atoms with Crippen molar-refractivity contribution in [2.24, 2.45) is 17.3 Å². The lowest BCUT2D eigenvalue weighted by molar-refractivity contribution is 0.195. The first-order valence-corrected chi connectivity index (χ1v) is 8.08. The molecule has 0 heterocycles. The van der Waals surface area contributed by atoms with Gasteiger partial charge in [-0.25, -0.2) is 0 Å². The molecular formula is C19H24. The van der Waals surface area contributed by atoms with Crippen molar-refractivity contribution in [3.8, 4) is 0 Å². The fraction of sp³-hybridized carbons (Fsp3) is 0.579. The number of hydrogen-bond acceptors (Lipinski definition) is 0. The molecule has 100 valence electrons. The third-order valence-corrected chi connectivity index (χ3v) is 5.87. The maximum Gasteiger partial charge on any atom is -0.0168 e. The van der Waals surface area contributed by atoms with Gasteiger partial charge in [-0.15, -0.1) is 0 Å². The lowest BCUT2D eigenvalue weighted by atomic mass is 9.64. The van der Waals surface area contributed by atoms with Crippen LogP contribution in [0.1, 0.15) is 49.3 Å². The molecule has 0 nitrogen and oxygen atoms in total. The number of benzene rings is 1. The Kier molecular flexibility index (Phi) is 2.62. The van der Waals surface area contributed by atoms with E-state index in [4.69, 9.17) is 0 Å². The van der Waals surface area contributed by atoms with Crippen molar-refractivity contribution in [1.82, 2.24) is 0 Å². The molecule has 4 rings (SSSR count). The van der Waals surface area contributed by atoms with Crippen LogP contribution in [0.4, 0.5) is 0 Å². The fourth-order valence-electron chi connectivity index (χ4n) is 4.93. The molecule has 0 N–H and O–H groups in total. The summed E-state index contributed by atoms with van der Waals surface area (Å²) in [6.07, 6.45) is 14.5. The monoisotopic (exact) mass is 252 g/mol. The Morgan fingerprint density at radius 2 is 2.16 bits per heavy atom. The van der Waals surface area contributed by atoms with Crippen LogP contribution in [-0.4, -0.2) is 0 Å². The van der Waals surface area contributed by atoms with Gasteiger partial charge in [-0.05, 0) is 72.5 Å². The van der Waals surface area contributed by atoms with E-state index in [0.717, 1.165) is 11.8 Å². The van der Waals surface area contributed by atoms with Crippen molar-refractivity contribution in [2.45, 2.75) is 51.9 Å². The third kappa shape index (κ3) is 1.80. The molecule has 0 heteroatoms. The van der Waals surface area contributed by atoms with E-state index in [9.17, 15) is 0 Å². The van der Waals surface area contributed by atoms with Crippen LogP contribution in [0.2, 0.25) is 0 Å². The summed E-state index contributed by atoms with van der Waals surface area (Å²) in [5.41, 5.74) is 5.50. The van der Waals surface area contributed by atoms with Gasteiger partial charge in [-0.2, -0.15) is 0 Å². The lowest BCUT2D eigenvalue weighted by Gasteiger charge is -2.40. The van der Waals surface area contributed by atoms with E-state index in [1.807, 2.05) is 0 Å². The SMILES string of the molecule is CCCc1ccc2c(c1)CC1(CC2)CC2C=CC1C2. The molecule has 0 amide bonds. The third-order valence-electron chi connectivity index (χ3n) is 5.87. The van der Waals surface area contributed by atoms with Gasteiger partial charge in [-0.3, -0.25) is 0 Å². The van der Waals surface area contributed by atoms with E-state index >= 15 is 0 Å². The Labute approximate surface area is 116 Å². The lowest BCUT2D eigenvalue weighted by Crippen LogP contribution is -2.32. The van der Waals surface area contributed by atoms with Crippen LogP contribution in [0.25, 0.3) is 0 Å². The van der Waals surface area contributed by atoms with Crippen LogP contribution >= 0.6 is 0 Å². The fourth-order valence-corrected chi connectivity index (χ4v) is 4.93. The minimum Gasteiger partial charge on any atom is -0.0851 e. The van der Waals surface area contributed by atoms with Crippen LogP contribution in [-0.2, 0) is 19.3 Å². The summed E-state index contributed by atoms with van der Waals surface area (Å²) in [6.45, 7) is 2.28. The zero-order valence-electron chi connectivity index (χ0n) is 12.0. The van der Waals surface area contributed by atoms with E-state index in [1.54, 1.807) is 16.7 Å². The van der Waals surface area contributed by atoms with Gasteiger partial charge in [0.1, 0.15) is 0 Å². The Hall–Kier alpha value is -1.04. The van der Waals surface area contributed by atoms with Gasteiger partial charge < -0.3 is 0 Å². The predicted octanol–water partition coefficient (Wildman–Crippen LogP) is 4.71. The zero-order chi connectivity index (χ0) is 12.9. The topological polar surface area (TPSA) is 0 Å². The molecule has 0 radical (unpaired) electrons. The van der Waals surface area contributed by atoms with Crippen molar-refractivity contribution in [3.63, 3.8) is 0 Å². The molecular weight excluding hydrogens is 228 g/mol. The highest BCUT2D eigenvalue weighted by Crippen LogP contribution is 2.57. The van der Waals surface area contributed by atoms with Gasteiger partial charge in [0, 0.05) is 0 Å². The summed E-state index contributed by atoms with van der Waals surface area (Å²) in [6, 6.07) is 7.30. The highest BCUT2D eigenvalue weighted by molar-refractivity contribution is 5.37. The Morgan fingerprint density at radius 1 is 1.21 bits per heavy atom. The van der Waals surface area contributed by atoms with Gasteiger partial charge in [-0.1, -0.05) is 43.7 Å². The summed E-state index contributed by atoms with van der Waals surface area (Å²) >= 11 is 0. The molecule has 1 spiro atoms. The van der Waals surface area contributed by atoms with Crippen LogP contribution in [0.3, 0.4) is 0 Å². The largest absolute Gasteiger partial charge is 0.0851 e. The molecule has 3 aliphatic rings. The van der Waals surface area contributed by atoms with Crippen LogP contribution in [0.15, 0.2) is 30.4 Å². The number of allylic oxidation sites excluding steroid dienone is 2. The molecule has 0 aromatic heterocycles. The van der Waals surface area contributed by atoms with E-state index in [2.05, 4.69) is 37.3 Å². The number of hydrogen-bond donors (Lipinski definition) is 0. The first-order chi connectivity index (χ1) is 9.29. The minimum atomic E-state index is 0.636. The summed E-state index contributed by atoms with van der Waals surface area (Å²) in [7, 11) is 0. The number of rotatable bonds is 2. The molecule has 3 aliphatic carbocycles. The smallest absolute Gasteiger partial charge is 0.0168 e. The van der Waals surface area contributed by atoms with E-state index in [0.29, 0.717) is 5.41 Å². The average Bonchev–Trinajstić information content (AvgIpc) is 2.99. The Balaban J connectivity index is 1.65. The van der Waals surface area contributed by atoms with E-state index in [-0.39, 0.29) is 0 Å². The predicted molar refractivity (Wildman–Crippen MR) is 80.2 cm³/mol. The standard InChI is InChI=1S/C19H24/c1-2-3-14-4-6-16-8-9-19(13-17(16)10-14)12-15-5-7-18(19)11-15/h4-7,10,15,18H,2-3,8-9,11-13H2,1H3. The normalized spacial score (nSPS) is 35.0. The van der Waals surface area contributed by atoms with E-state index < -0.39 is 0 Å². The molecule has 1 fully saturated rings. The first-order valence-electron chi connectivity index (χ1n) is 8.08. The molecule has 2 bridgehead atoms. The van der Waals surface area contributed by atoms with Crippen LogP contribution in [0.5, 0.6) is 0 Å². The Morgan fingerprint density at radius 3 is 2.89 bits per heavy atom. The van der Waals surface area contributed by atoms with E-state index in [1.165, 1.54) is 44.9 Å². The van der Waals surface area contributed by atoms with Gasteiger partial charge in [0.15, 0.2) is 0 Å². The summed E-state index contributed by atoms with van der Waals surface area (Å²) in [4.78, 5) is 0. The van der Waals surface area contributed by atoms with Gasteiger partial charge in [0.05, 0.1) is 0 Å². The quantitative estimate of drug-likeness (QED) is 0.669. The van der Waals surface area contributed by atoms with Crippen molar-refractivity contribution in [1.29, 1.82) is 0 Å². The molecule has 1 aromatic carbocycles. The van der Waals surface area contributed by atoms with Crippen LogP contribution in [0, 0.1) is 17.3 Å². The van der Waals surface area contributed by atoms with Gasteiger partial charge >= 0.3 is 0 Å². The summed E-state index contributed by atoms with van der Waals surface area (Å²) in [5, 5.41) is 0. The number of aryl methyl sites for hydroxylation is 2. The highest BCUT2D eigenvalue weighted by Gasteiger charge is 2.49. The van der Waals surface area contributed by atoms with Crippen molar-refractivity contribution in [3.05, 3.63) is 47.0 Å². The number of fused-ring (bicyclic) bond motifs is 4. The molecule has 19 heavy (non-hydrogen) atoms. The zero-order valence-corrected chi connectivity index (χ0v) is 12.0. The second-order valence-electron chi connectivity index (χ2n) is 7.08. The molecule has 1 saturated carbocycles. The van der Waals surface area contributed by atoms with Gasteiger partial charge in [0.2, 0.25) is 0 Å². The second kappa shape index (κ2) is 4.23. The molecule has 0 aliphatic heterocycles. The molecule has 3 atom stereocenters. The Bertz CT molecular complexity index is 525. The van der Waals surface area contributed by atoms with Crippen molar-refractivity contribution in [2.75, 3.05) is 0 Å². The first kappa shape index (κ1) is 11.8. The molecule has 1 aromatic rings. The average molecular weight is 252 g/mol. The molecule has 3 unspecified atom stereocenters. The van der Waals surface area contributed by atoms with Gasteiger partial charge in [0.25, 0.3) is 0 Å². The maximum atomic E-state index is 2.54. The van der Waals surface area contributed by atoms with Crippen molar-refractivity contribution >= 4 is 0 Å². The van der Waals surface area contributed by atoms with Crippen LogP contribution < -0.4 is 0 Å². The summed E-state index contributed by atoms with van der Waals surface area (Å²) in [5.74, 6) is 1.80.